The molecule has 0 bridgehead atoms. The smallest absolute Gasteiger partial charge is 0.0724 e. The summed E-state index contributed by atoms with van der Waals surface area (Å²) in [5.41, 5.74) is 1.06. The summed E-state index contributed by atoms with van der Waals surface area (Å²) in [4.78, 5) is 0. The zero-order valence-electron chi connectivity index (χ0n) is 11.2. The van der Waals surface area contributed by atoms with Crippen molar-refractivity contribution in [3.63, 3.8) is 0 Å². The van der Waals surface area contributed by atoms with E-state index in [1.54, 1.807) is 7.11 Å². The number of rotatable bonds is 7. The minimum atomic E-state index is 0.181. The summed E-state index contributed by atoms with van der Waals surface area (Å²) in [6, 6.07) is 6.01. The van der Waals surface area contributed by atoms with Crippen molar-refractivity contribution >= 4 is 23.2 Å². The Kier molecular flexibility index (Phi) is 7.02. The number of hydrogen-bond donors (Lipinski definition) is 1. The second kappa shape index (κ2) is 8.00. The largest absolute Gasteiger partial charge is 0.380 e. The first-order valence-electron chi connectivity index (χ1n) is 6.33. The fourth-order valence-corrected chi connectivity index (χ4v) is 2.55. The van der Waals surface area contributed by atoms with Crippen molar-refractivity contribution in [2.45, 2.75) is 38.8 Å². The summed E-state index contributed by atoms with van der Waals surface area (Å²) in [6.45, 7) is 5.12. The normalized spacial score (nSPS) is 14.5. The third-order valence-electron chi connectivity index (χ3n) is 3.09. The SMILES string of the molecule is CCNC(Cc1cccc(Cl)c1Cl)C(CC)OC. The van der Waals surface area contributed by atoms with Crippen LogP contribution in [0.25, 0.3) is 0 Å². The van der Waals surface area contributed by atoms with E-state index in [-0.39, 0.29) is 12.1 Å². The van der Waals surface area contributed by atoms with Gasteiger partial charge in [0.25, 0.3) is 0 Å². The molecular formula is C14H21Cl2NO. The molecule has 0 saturated carbocycles. The number of benzene rings is 1. The highest BCUT2D eigenvalue weighted by atomic mass is 35.5. The average Bonchev–Trinajstić information content (AvgIpc) is 2.36. The molecule has 0 aliphatic carbocycles. The number of likely N-dealkylation sites (N-methyl/N-ethyl adjacent to an activating group) is 1. The van der Waals surface area contributed by atoms with Crippen LogP contribution in [0.2, 0.25) is 10.0 Å². The fraction of sp³-hybridized carbons (Fsp3) is 0.571. The maximum Gasteiger partial charge on any atom is 0.0724 e. The van der Waals surface area contributed by atoms with E-state index < -0.39 is 0 Å². The lowest BCUT2D eigenvalue weighted by atomic mass is 9.99. The van der Waals surface area contributed by atoms with Crippen LogP contribution in [0.15, 0.2) is 18.2 Å². The van der Waals surface area contributed by atoms with Gasteiger partial charge < -0.3 is 10.1 Å². The third kappa shape index (κ3) is 4.13. The van der Waals surface area contributed by atoms with Crippen molar-refractivity contribution < 1.29 is 4.74 Å². The minimum absolute atomic E-state index is 0.181. The Morgan fingerprint density at radius 3 is 2.56 bits per heavy atom. The molecule has 18 heavy (non-hydrogen) atoms. The molecule has 102 valence electrons. The lowest BCUT2D eigenvalue weighted by molar-refractivity contribution is 0.0658. The minimum Gasteiger partial charge on any atom is -0.380 e. The molecule has 0 radical (unpaired) electrons. The lowest BCUT2D eigenvalue weighted by Crippen LogP contribution is -2.42. The van der Waals surface area contributed by atoms with Crippen molar-refractivity contribution in [1.29, 1.82) is 0 Å². The topological polar surface area (TPSA) is 21.3 Å². The Morgan fingerprint density at radius 1 is 1.28 bits per heavy atom. The maximum absolute atomic E-state index is 6.23. The number of ether oxygens (including phenoxy) is 1. The van der Waals surface area contributed by atoms with Gasteiger partial charge in [-0.1, -0.05) is 49.2 Å². The Balaban J connectivity index is 2.85. The van der Waals surface area contributed by atoms with E-state index in [1.807, 2.05) is 18.2 Å². The first-order valence-corrected chi connectivity index (χ1v) is 7.08. The average molecular weight is 290 g/mol. The molecule has 0 heterocycles. The number of hydrogen-bond acceptors (Lipinski definition) is 2. The van der Waals surface area contributed by atoms with E-state index >= 15 is 0 Å². The second-order valence-corrected chi connectivity index (χ2v) is 5.05. The van der Waals surface area contributed by atoms with Gasteiger partial charge in [-0.2, -0.15) is 0 Å². The Hall–Kier alpha value is -0.280. The zero-order valence-corrected chi connectivity index (χ0v) is 12.7. The molecule has 2 unspecified atom stereocenters. The number of nitrogens with one attached hydrogen (secondary N) is 1. The second-order valence-electron chi connectivity index (χ2n) is 4.26. The van der Waals surface area contributed by atoms with Gasteiger partial charge in [0, 0.05) is 13.2 Å². The van der Waals surface area contributed by atoms with Gasteiger partial charge in [-0.15, -0.1) is 0 Å². The van der Waals surface area contributed by atoms with Crippen molar-refractivity contribution in [2.75, 3.05) is 13.7 Å². The fourth-order valence-electron chi connectivity index (χ4n) is 2.16. The van der Waals surface area contributed by atoms with Crippen molar-refractivity contribution in [1.82, 2.24) is 5.32 Å². The quantitative estimate of drug-likeness (QED) is 0.821. The summed E-state index contributed by atoms with van der Waals surface area (Å²) in [5.74, 6) is 0. The van der Waals surface area contributed by atoms with Crippen LogP contribution >= 0.6 is 23.2 Å². The van der Waals surface area contributed by atoms with Crippen LogP contribution in [-0.4, -0.2) is 25.8 Å². The number of halogens is 2. The lowest BCUT2D eigenvalue weighted by Gasteiger charge is -2.26. The van der Waals surface area contributed by atoms with E-state index in [4.69, 9.17) is 27.9 Å². The standard InChI is InChI=1S/C14H21Cl2NO/c1-4-13(18-3)12(17-5-2)9-10-7-6-8-11(15)14(10)16/h6-8,12-13,17H,4-5,9H2,1-3H3. The summed E-state index contributed by atoms with van der Waals surface area (Å²) >= 11 is 12.3. The third-order valence-corrected chi connectivity index (χ3v) is 3.95. The van der Waals surface area contributed by atoms with Crippen molar-refractivity contribution in [2.24, 2.45) is 0 Å². The van der Waals surface area contributed by atoms with E-state index in [9.17, 15) is 0 Å². The molecule has 0 spiro atoms. The molecular weight excluding hydrogens is 269 g/mol. The molecule has 1 aromatic carbocycles. The van der Waals surface area contributed by atoms with E-state index in [2.05, 4.69) is 19.2 Å². The molecule has 1 aromatic rings. The van der Waals surface area contributed by atoms with Crippen LogP contribution in [0.5, 0.6) is 0 Å². The molecule has 0 amide bonds. The molecule has 2 atom stereocenters. The molecule has 2 nitrogen and oxygen atoms in total. The van der Waals surface area contributed by atoms with Crippen LogP contribution in [-0.2, 0) is 11.2 Å². The first-order chi connectivity index (χ1) is 8.63. The maximum atomic E-state index is 6.23. The molecule has 0 aliphatic rings. The molecule has 1 rings (SSSR count). The van der Waals surface area contributed by atoms with Crippen LogP contribution < -0.4 is 5.32 Å². The van der Waals surface area contributed by atoms with Crippen LogP contribution in [0.4, 0.5) is 0 Å². The molecule has 0 aromatic heterocycles. The van der Waals surface area contributed by atoms with Crippen molar-refractivity contribution in [3.05, 3.63) is 33.8 Å². The van der Waals surface area contributed by atoms with Gasteiger partial charge in [0.15, 0.2) is 0 Å². The van der Waals surface area contributed by atoms with E-state index in [1.165, 1.54) is 0 Å². The Labute approximate surface area is 120 Å². The van der Waals surface area contributed by atoms with E-state index in [0.717, 1.165) is 24.9 Å². The molecule has 1 N–H and O–H groups in total. The van der Waals surface area contributed by atoms with Gasteiger partial charge >= 0.3 is 0 Å². The molecule has 0 saturated heterocycles. The Bertz CT molecular complexity index is 367. The predicted octanol–water partition coefficient (Wildman–Crippen LogP) is 3.94. The molecule has 0 fully saturated rings. The Morgan fingerprint density at radius 2 is 2.00 bits per heavy atom. The van der Waals surface area contributed by atoms with Crippen LogP contribution in [0.1, 0.15) is 25.8 Å². The van der Waals surface area contributed by atoms with Crippen LogP contribution in [0, 0.1) is 0 Å². The van der Waals surface area contributed by atoms with Gasteiger partial charge in [0.1, 0.15) is 0 Å². The predicted molar refractivity (Wildman–Crippen MR) is 78.7 cm³/mol. The van der Waals surface area contributed by atoms with Crippen molar-refractivity contribution in [3.8, 4) is 0 Å². The zero-order chi connectivity index (χ0) is 13.5. The highest BCUT2D eigenvalue weighted by Crippen LogP contribution is 2.27. The van der Waals surface area contributed by atoms with Gasteiger partial charge in [0.2, 0.25) is 0 Å². The molecule has 0 aliphatic heterocycles. The summed E-state index contributed by atoms with van der Waals surface area (Å²) in [5, 5.41) is 4.71. The van der Waals surface area contributed by atoms with Gasteiger partial charge in [-0.25, -0.2) is 0 Å². The van der Waals surface area contributed by atoms with Crippen LogP contribution in [0.3, 0.4) is 0 Å². The van der Waals surface area contributed by atoms with Gasteiger partial charge in [-0.05, 0) is 31.0 Å². The monoisotopic (exact) mass is 289 g/mol. The highest BCUT2D eigenvalue weighted by molar-refractivity contribution is 6.42. The summed E-state index contributed by atoms with van der Waals surface area (Å²) in [7, 11) is 1.75. The van der Waals surface area contributed by atoms with Gasteiger partial charge in [-0.3, -0.25) is 0 Å². The van der Waals surface area contributed by atoms with Gasteiger partial charge in [0.05, 0.1) is 16.1 Å². The summed E-state index contributed by atoms with van der Waals surface area (Å²) < 4.78 is 5.52. The van der Waals surface area contributed by atoms with E-state index in [0.29, 0.717) is 10.0 Å². The highest BCUT2D eigenvalue weighted by Gasteiger charge is 2.20. The molecule has 4 heteroatoms. The number of methoxy groups -OCH3 is 1. The summed E-state index contributed by atoms with van der Waals surface area (Å²) in [6.07, 6.45) is 1.96. The first kappa shape index (κ1) is 15.8.